The molecule has 1 unspecified atom stereocenters. The summed E-state index contributed by atoms with van der Waals surface area (Å²) in [6, 6.07) is 12.5. The van der Waals surface area contributed by atoms with Crippen LogP contribution in [0.25, 0.3) is 11.6 Å². The molecule has 1 aromatic carbocycles. The second kappa shape index (κ2) is 6.69. The summed E-state index contributed by atoms with van der Waals surface area (Å²) in [6.45, 7) is 4.53. The van der Waals surface area contributed by atoms with Crippen molar-refractivity contribution in [3.63, 3.8) is 0 Å². The maximum atomic E-state index is 5.50. The van der Waals surface area contributed by atoms with Crippen molar-refractivity contribution in [2.45, 2.75) is 36.2 Å². The highest BCUT2D eigenvalue weighted by atomic mass is 32.2. The second-order valence-electron chi connectivity index (χ2n) is 5.88. The number of fused-ring (bicyclic) bond motifs is 1. The van der Waals surface area contributed by atoms with Crippen molar-refractivity contribution < 1.29 is 4.42 Å². The van der Waals surface area contributed by atoms with Crippen LogP contribution in [0.4, 0.5) is 0 Å². The lowest BCUT2D eigenvalue weighted by molar-refractivity contribution is 0.569. The van der Waals surface area contributed by atoms with E-state index in [0.717, 1.165) is 16.7 Å². The summed E-state index contributed by atoms with van der Waals surface area (Å²) in [5, 5.41) is 10.1. The summed E-state index contributed by atoms with van der Waals surface area (Å²) in [6.07, 6.45) is 7.08. The van der Waals surface area contributed by atoms with Gasteiger partial charge in [0.25, 0.3) is 0 Å². The molecule has 0 spiro atoms. The smallest absolute Gasteiger partial charge is 0.200 e. The zero-order valence-corrected chi connectivity index (χ0v) is 14.2. The van der Waals surface area contributed by atoms with Crippen molar-refractivity contribution in [1.82, 2.24) is 14.8 Å². The lowest BCUT2D eigenvalue weighted by Crippen LogP contribution is -2.08. The van der Waals surface area contributed by atoms with Crippen molar-refractivity contribution in [2.24, 2.45) is 0 Å². The molecule has 0 N–H and O–H groups in total. The summed E-state index contributed by atoms with van der Waals surface area (Å²) in [4.78, 5) is 0. The van der Waals surface area contributed by atoms with Gasteiger partial charge in [0.15, 0.2) is 10.9 Å². The Hall–Kier alpha value is -2.27. The zero-order chi connectivity index (χ0) is 16.4. The van der Waals surface area contributed by atoms with E-state index in [-0.39, 0.29) is 0 Å². The Balaban J connectivity index is 1.67. The van der Waals surface area contributed by atoms with Gasteiger partial charge in [0.1, 0.15) is 0 Å². The molecule has 0 amide bonds. The lowest BCUT2D eigenvalue weighted by atomic mass is 9.91. The van der Waals surface area contributed by atoms with Gasteiger partial charge in [-0.05, 0) is 42.5 Å². The molecule has 0 aliphatic heterocycles. The molecular formula is C19H19N3OS. The summed E-state index contributed by atoms with van der Waals surface area (Å²) in [5.74, 6) is 1.49. The third kappa shape index (κ3) is 2.80. The third-order valence-electron chi connectivity index (χ3n) is 4.33. The molecule has 1 aliphatic rings. The molecule has 0 saturated carbocycles. The minimum absolute atomic E-state index is 0.423. The first-order valence-corrected chi connectivity index (χ1v) is 9.07. The SMILES string of the molecule is C=CCn1c(SC2CCCc3ccccc32)nnc1-c1ccco1. The number of allylic oxidation sites excluding steroid dienone is 1. The van der Waals surface area contributed by atoms with Gasteiger partial charge in [-0.1, -0.05) is 42.1 Å². The topological polar surface area (TPSA) is 43.9 Å². The van der Waals surface area contributed by atoms with Gasteiger partial charge < -0.3 is 4.42 Å². The summed E-state index contributed by atoms with van der Waals surface area (Å²) >= 11 is 1.79. The number of hydrogen-bond acceptors (Lipinski definition) is 4. The first-order valence-electron chi connectivity index (χ1n) is 8.19. The second-order valence-corrected chi connectivity index (χ2v) is 7.05. The van der Waals surface area contributed by atoms with E-state index >= 15 is 0 Å². The molecule has 3 aromatic rings. The molecule has 2 aromatic heterocycles. The van der Waals surface area contributed by atoms with Gasteiger partial charge in [-0.15, -0.1) is 16.8 Å². The van der Waals surface area contributed by atoms with E-state index in [1.165, 1.54) is 30.4 Å². The fourth-order valence-electron chi connectivity index (χ4n) is 3.22. The van der Waals surface area contributed by atoms with Crippen LogP contribution in [0.3, 0.4) is 0 Å². The molecule has 1 aliphatic carbocycles. The highest BCUT2D eigenvalue weighted by molar-refractivity contribution is 7.99. The number of rotatable bonds is 5. The first-order chi connectivity index (χ1) is 11.9. The Morgan fingerprint density at radius 2 is 2.17 bits per heavy atom. The van der Waals surface area contributed by atoms with Crippen molar-refractivity contribution in [3.8, 4) is 11.6 Å². The molecule has 4 rings (SSSR count). The third-order valence-corrected chi connectivity index (χ3v) is 5.62. The minimum Gasteiger partial charge on any atom is -0.461 e. The molecule has 122 valence electrons. The van der Waals surface area contributed by atoms with Crippen molar-refractivity contribution in [2.75, 3.05) is 0 Å². The largest absolute Gasteiger partial charge is 0.461 e. The number of nitrogens with zero attached hydrogens (tertiary/aromatic N) is 3. The van der Waals surface area contributed by atoms with E-state index in [9.17, 15) is 0 Å². The predicted octanol–water partition coefficient (Wildman–Crippen LogP) is 4.89. The predicted molar refractivity (Wildman–Crippen MR) is 95.9 cm³/mol. The van der Waals surface area contributed by atoms with E-state index in [1.54, 1.807) is 18.0 Å². The Morgan fingerprint density at radius 3 is 3.00 bits per heavy atom. The van der Waals surface area contributed by atoms with E-state index < -0.39 is 0 Å². The van der Waals surface area contributed by atoms with Gasteiger partial charge in [0, 0.05) is 11.8 Å². The van der Waals surface area contributed by atoms with Gasteiger partial charge in [0.2, 0.25) is 5.82 Å². The average molecular weight is 337 g/mol. The van der Waals surface area contributed by atoms with Crippen LogP contribution in [-0.4, -0.2) is 14.8 Å². The number of aromatic nitrogens is 3. The van der Waals surface area contributed by atoms with Gasteiger partial charge >= 0.3 is 0 Å². The Morgan fingerprint density at radius 1 is 1.25 bits per heavy atom. The molecule has 0 bridgehead atoms. The summed E-state index contributed by atoms with van der Waals surface area (Å²) < 4.78 is 7.58. The van der Waals surface area contributed by atoms with Crippen LogP contribution < -0.4 is 0 Å². The maximum absolute atomic E-state index is 5.50. The number of furan rings is 1. The molecule has 24 heavy (non-hydrogen) atoms. The minimum atomic E-state index is 0.423. The van der Waals surface area contributed by atoms with Crippen molar-refractivity contribution in [3.05, 3.63) is 66.4 Å². The fourth-order valence-corrected chi connectivity index (χ4v) is 4.49. The highest BCUT2D eigenvalue weighted by Crippen LogP contribution is 2.43. The summed E-state index contributed by atoms with van der Waals surface area (Å²) in [5.41, 5.74) is 2.89. The van der Waals surface area contributed by atoms with Crippen LogP contribution in [0.1, 0.15) is 29.2 Å². The van der Waals surface area contributed by atoms with E-state index in [2.05, 4.69) is 45.6 Å². The van der Waals surface area contributed by atoms with Crippen LogP contribution >= 0.6 is 11.8 Å². The van der Waals surface area contributed by atoms with Crippen molar-refractivity contribution in [1.29, 1.82) is 0 Å². The van der Waals surface area contributed by atoms with E-state index in [4.69, 9.17) is 4.42 Å². The number of aryl methyl sites for hydroxylation is 1. The molecule has 5 heteroatoms. The standard InChI is InChI=1S/C19H19N3OS/c1-2-12-22-18(16-10-6-13-23-16)20-21-19(22)24-17-11-5-8-14-7-3-4-9-15(14)17/h2-4,6-7,9-10,13,17H,1,5,8,11-12H2. The maximum Gasteiger partial charge on any atom is 0.200 e. The molecule has 4 nitrogen and oxygen atoms in total. The van der Waals surface area contributed by atoms with Gasteiger partial charge in [-0.2, -0.15) is 0 Å². The van der Waals surface area contributed by atoms with Gasteiger partial charge in [-0.3, -0.25) is 4.57 Å². The average Bonchev–Trinajstić information content (AvgIpc) is 3.26. The molecule has 0 fully saturated rings. The van der Waals surface area contributed by atoms with Crippen LogP contribution in [0.5, 0.6) is 0 Å². The van der Waals surface area contributed by atoms with Gasteiger partial charge in [-0.25, -0.2) is 0 Å². The normalized spacial score (nSPS) is 16.8. The highest BCUT2D eigenvalue weighted by Gasteiger charge is 2.24. The summed E-state index contributed by atoms with van der Waals surface area (Å²) in [7, 11) is 0. The van der Waals surface area contributed by atoms with E-state index in [1.807, 2.05) is 18.2 Å². The number of benzene rings is 1. The van der Waals surface area contributed by atoms with Crippen LogP contribution in [-0.2, 0) is 13.0 Å². The lowest BCUT2D eigenvalue weighted by Gasteiger charge is -2.24. The number of hydrogen-bond donors (Lipinski definition) is 0. The number of thioether (sulfide) groups is 1. The molecular weight excluding hydrogens is 318 g/mol. The van der Waals surface area contributed by atoms with Crippen LogP contribution in [0.2, 0.25) is 0 Å². The molecule has 1 atom stereocenters. The van der Waals surface area contributed by atoms with Crippen LogP contribution in [0, 0.1) is 0 Å². The molecule has 2 heterocycles. The molecule has 0 radical (unpaired) electrons. The monoisotopic (exact) mass is 337 g/mol. The first kappa shape index (κ1) is 15.3. The van der Waals surface area contributed by atoms with E-state index in [0.29, 0.717) is 11.8 Å². The van der Waals surface area contributed by atoms with Crippen molar-refractivity contribution >= 4 is 11.8 Å². The quantitative estimate of drug-likeness (QED) is 0.622. The fraction of sp³-hybridized carbons (Fsp3) is 0.263. The molecule has 0 saturated heterocycles. The van der Waals surface area contributed by atoms with Gasteiger partial charge in [0.05, 0.1) is 6.26 Å². The Bertz CT molecular complexity index is 838. The zero-order valence-electron chi connectivity index (χ0n) is 13.4. The van der Waals surface area contributed by atoms with Crippen LogP contribution in [0.15, 0.2) is 64.9 Å². The Labute approximate surface area is 145 Å². The Kier molecular flexibility index (Phi) is 4.26.